The van der Waals surface area contributed by atoms with Gasteiger partial charge < -0.3 is 29.9 Å². The van der Waals surface area contributed by atoms with Gasteiger partial charge in [0.05, 0.1) is 12.9 Å². The van der Waals surface area contributed by atoms with Crippen molar-refractivity contribution in [2.24, 2.45) is 0 Å². The standard InChI is InChI=1S/C17H18F2N5O8P/c18-8-2-9(19)10(32-33(28,29)30)1-7(8)3-20-15-12-16(22-5-21-15)24(6-23-12)17-14(27)13(26)11(4-25)31-17/h1-2,5-6,11,13-14,17,25-27H,3-4H2,(H,20,21,22)(H2,28,29,30)/t11-,13-,14-,17-/m1/s1. The van der Waals surface area contributed by atoms with Gasteiger partial charge in [0, 0.05) is 18.2 Å². The lowest BCUT2D eigenvalue weighted by atomic mass is 10.1. The Bertz CT molecular complexity index is 1220. The van der Waals surface area contributed by atoms with E-state index in [9.17, 15) is 28.7 Å². The van der Waals surface area contributed by atoms with Crippen LogP contribution in [-0.2, 0) is 15.8 Å². The molecule has 6 N–H and O–H groups in total. The summed E-state index contributed by atoms with van der Waals surface area (Å²) in [6.45, 7) is -0.809. The molecule has 0 spiro atoms. The van der Waals surface area contributed by atoms with Crippen molar-refractivity contribution in [1.29, 1.82) is 0 Å². The highest BCUT2D eigenvalue weighted by atomic mass is 31.2. The molecule has 0 bridgehead atoms. The zero-order valence-corrected chi connectivity index (χ0v) is 17.4. The van der Waals surface area contributed by atoms with Gasteiger partial charge in [0.15, 0.2) is 34.8 Å². The van der Waals surface area contributed by atoms with Gasteiger partial charge in [-0.1, -0.05) is 0 Å². The van der Waals surface area contributed by atoms with E-state index in [1.165, 1.54) is 10.9 Å². The number of ether oxygens (including phenoxy) is 1. The van der Waals surface area contributed by atoms with Crippen LogP contribution in [0, 0.1) is 11.6 Å². The Hall–Kier alpha value is -2.78. The summed E-state index contributed by atoms with van der Waals surface area (Å²) < 4.78 is 49.9. The molecule has 178 valence electrons. The van der Waals surface area contributed by atoms with E-state index in [0.29, 0.717) is 6.07 Å². The van der Waals surface area contributed by atoms with Crippen molar-refractivity contribution in [2.45, 2.75) is 31.1 Å². The highest BCUT2D eigenvalue weighted by Gasteiger charge is 2.44. The predicted octanol–water partition coefficient (Wildman–Crippen LogP) is -0.200. The fourth-order valence-electron chi connectivity index (χ4n) is 3.36. The number of rotatable bonds is 7. The SMILES string of the molecule is O=P(O)(O)Oc1cc(CNc2ncnc3c2ncn3[C@@H]2O[C@H](CO)[C@@H](O)[C@H]2O)c(F)cc1F. The lowest BCUT2D eigenvalue weighted by molar-refractivity contribution is -0.0511. The zero-order valence-electron chi connectivity index (χ0n) is 16.5. The molecular weight excluding hydrogens is 471 g/mol. The molecule has 0 amide bonds. The first-order valence-corrected chi connectivity index (χ1v) is 10.9. The van der Waals surface area contributed by atoms with Crippen LogP contribution in [-0.4, -0.2) is 69.5 Å². The molecule has 13 nitrogen and oxygen atoms in total. The molecule has 1 aromatic carbocycles. The number of aliphatic hydroxyl groups excluding tert-OH is 3. The van der Waals surface area contributed by atoms with E-state index in [1.54, 1.807) is 0 Å². The molecular formula is C17H18F2N5O8P. The maximum atomic E-state index is 14.2. The quantitative estimate of drug-likeness (QED) is 0.240. The average Bonchev–Trinajstić information content (AvgIpc) is 3.30. The summed E-state index contributed by atoms with van der Waals surface area (Å²) in [5, 5.41) is 32.2. The minimum absolute atomic E-state index is 0.117. The fourth-order valence-corrected chi connectivity index (χ4v) is 3.76. The van der Waals surface area contributed by atoms with Gasteiger partial charge in [0.1, 0.15) is 30.5 Å². The Labute approximate surface area is 183 Å². The molecule has 4 atom stereocenters. The molecule has 0 unspecified atom stereocenters. The van der Waals surface area contributed by atoms with Gasteiger partial charge in [-0.2, -0.15) is 0 Å². The normalized spacial score (nSPS) is 23.2. The molecule has 0 radical (unpaired) electrons. The molecule has 1 aliphatic heterocycles. The van der Waals surface area contributed by atoms with Crippen LogP contribution in [0.1, 0.15) is 11.8 Å². The number of halogens is 2. The van der Waals surface area contributed by atoms with E-state index in [2.05, 4.69) is 24.8 Å². The molecule has 33 heavy (non-hydrogen) atoms. The van der Waals surface area contributed by atoms with Crippen LogP contribution in [0.2, 0.25) is 0 Å². The lowest BCUT2D eigenvalue weighted by Crippen LogP contribution is -2.33. The average molecular weight is 489 g/mol. The smallest absolute Gasteiger partial charge is 0.401 e. The summed E-state index contributed by atoms with van der Waals surface area (Å²) >= 11 is 0. The molecule has 16 heteroatoms. The van der Waals surface area contributed by atoms with Crippen molar-refractivity contribution in [3.63, 3.8) is 0 Å². The molecule has 3 heterocycles. The van der Waals surface area contributed by atoms with Crippen LogP contribution in [0.4, 0.5) is 14.6 Å². The van der Waals surface area contributed by atoms with Gasteiger partial charge in [-0.25, -0.2) is 28.3 Å². The Morgan fingerprint density at radius 3 is 2.58 bits per heavy atom. The summed E-state index contributed by atoms with van der Waals surface area (Å²) in [6, 6.07) is 1.22. The summed E-state index contributed by atoms with van der Waals surface area (Å²) in [7, 11) is -5.07. The van der Waals surface area contributed by atoms with Gasteiger partial charge in [0.25, 0.3) is 0 Å². The third-order valence-corrected chi connectivity index (χ3v) is 5.35. The number of nitrogens with zero attached hydrogens (tertiary/aromatic N) is 4. The van der Waals surface area contributed by atoms with Crippen molar-refractivity contribution in [2.75, 3.05) is 11.9 Å². The predicted molar refractivity (Wildman–Crippen MR) is 105 cm³/mol. The number of fused-ring (bicyclic) bond motifs is 1. The maximum Gasteiger partial charge on any atom is 0.524 e. The van der Waals surface area contributed by atoms with Crippen molar-refractivity contribution in [1.82, 2.24) is 19.5 Å². The number of hydrogen-bond donors (Lipinski definition) is 6. The number of nitrogens with one attached hydrogen (secondary N) is 1. The number of phosphoric acid groups is 1. The number of hydrogen-bond acceptors (Lipinski definition) is 10. The van der Waals surface area contributed by atoms with E-state index in [0.717, 1.165) is 12.4 Å². The molecule has 0 aliphatic carbocycles. The van der Waals surface area contributed by atoms with Crippen molar-refractivity contribution in [3.05, 3.63) is 42.0 Å². The monoisotopic (exact) mass is 489 g/mol. The highest BCUT2D eigenvalue weighted by Crippen LogP contribution is 2.39. The largest absolute Gasteiger partial charge is 0.524 e. The van der Waals surface area contributed by atoms with Crippen LogP contribution in [0.3, 0.4) is 0 Å². The summed E-state index contributed by atoms with van der Waals surface area (Å²) in [5.74, 6) is -3.00. The summed E-state index contributed by atoms with van der Waals surface area (Å²) in [4.78, 5) is 30.0. The van der Waals surface area contributed by atoms with Gasteiger partial charge >= 0.3 is 7.82 Å². The Balaban J connectivity index is 1.59. The van der Waals surface area contributed by atoms with E-state index in [4.69, 9.17) is 14.5 Å². The van der Waals surface area contributed by atoms with Gasteiger partial charge in [0.2, 0.25) is 0 Å². The Kier molecular flexibility index (Phi) is 6.28. The van der Waals surface area contributed by atoms with Gasteiger partial charge in [-0.3, -0.25) is 14.4 Å². The topological polar surface area (TPSA) is 192 Å². The summed E-state index contributed by atoms with van der Waals surface area (Å²) in [6.07, 6.45) is -2.38. The first kappa shape index (κ1) is 23.4. The highest BCUT2D eigenvalue weighted by molar-refractivity contribution is 7.46. The second kappa shape index (κ2) is 8.87. The van der Waals surface area contributed by atoms with Crippen molar-refractivity contribution in [3.8, 4) is 5.75 Å². The molecule has 2 aromatic heterocycles. The van der Waals surface area contributed by atoms with Crippen molar-refractivity contribution < 1.29 is 47.7 Å². The first-order chi connectivity index (χ1) is 15.6. The molecule has 0 saturated carbocycles. The Morgan fingerprint density at radius 1 is 1.15 bits per heavy atom. The maximum absolute atomic E-state index is 14.2. The van der Waals surface area contributed by atoms with Gasteiger partial charge in [-0.15, -0.1) is 0 Å². The number of aliphatic hydroxyl groups is 3. The van der Waals surface area contributed by atoms with E-state index >= 15 is 0 Å². The third kappa shape index (κ3) is 4.65. The van der Waals surface area contributed by atoms with Crippen molar-refractivity contribution >= 4 is 24.8 Å². The number of aromatic nitrogens is 4. The molecule has 1 saturated heterocycles. The number of benzene rings is 1. The van der Waals surface area contributed by atoms with E-state index in [1.807, 2.05) is 0 Å². The lowest BCUT2D eigenvalue weighted by Gasteiger charge is -2.16. The van der Waals surface area contributed by atoms with Crippen LogP contribution in [0.5, 0.6) is 5.75 Å². The number of imidazole rings is 1. The fraction of sp³-hybridized carbons (Fsp3) is 0.353. The zero-order chi connectivity index (χ0) is 23.9. The first-order valence-electron chi connectivity index (χ1n) is 9.36. The Morgan fingerprint density at radius 2 is 1.91 bits per heavy atom. The number of phosphoric ester groups is 1. The third-order valence-electron chi connectivity index (χ3n) is 4.91. The molecule has 1 fully saturated rings. The van der Waals surface area contributed by atoms with Crippen LogP contribution >= 0.6 is 7.82 Å². The molecule has 1 aliphatic rings. The van der Waals surface area contributed by atoms with Crippen LogP contribution < -0.4 is 9.84 Å². The van der Waals surface area contributed by atoms with Gasteiger partial charge in [-0.05, 0) is 6.07 Å². The minimum Gasteiger partial charge on any atom is -0.401 e. The van der Waals surface area contributed by atoms with Crippen LogP contribution in [0.15, 0.2) is 24.8 Å². The molecule has 3 aromatic rings. The number of anilines is 1. The van der Waals surface area contributed by atoms with E-state index in [-0.39, 0.29) is 29.1 Å². The van der Waals surface area contributed by atoms with Crippen LogP contribution in [0.25, 0.3) is 11.2 Å². The second-order valence-electron chi connectivity index (χ2n) is 7.08. The van der Waals surface area contributed by atoms with E-state index < -0.39 is 56.4 Å². The second-order valence-corrected chi connectivity index (χ2v) is 8.25. The summed E-state index contributed by atoms with van der Waals surface area (Å²) in [5.41, 5.74) is 0.186. The molecule has 4 rings (SSSR count). The minimum atomic E-state index is -5.07.